The lowest BCUT2D eigenvalue weighted by atomic mass is 9.83. The Morgan fingerprint density at radius 1 is 1.32 bits per heavy atom. The van der Waals surface area contributed by atoms with Crippen LogP contribution in [0.1, 0.15) is 24.0 Å². The summed E-state index contributed by atoms with van der Waals surface area (Å²) in [6.45, 7) is 5.64. The Hall–Kier alpha value is -0.900. The van der Waals surface area contributed by atoms with E-state index in [1.165, 1.54) is 11.1 Å². The first-order valence-corrected chi connectivity index (χ1v) is 7.06. The minimum Gasteiger partial charge on any atom is -0.396 e. The van der Waals surface area contributed by atoms with Gasteiger partial charge in [0, 0.05) is 25.1 Å². The van der Waals surface area contributed by atoms with Gasteiger partial charge in [-0.2, -0.15) is 0 Å². The van der Waals surface area contributed by atoms with Gasteiger partial charge in [0.05, 0.1) is 13.2 Å². The fourth-order valence-corrected chi connectivity index (χ4v) is 2.84. The van der Waals surface area contributed by atoms with E-state index in [-0.39, 0.29) is 12.0 Å². The van der Waals surface area contributed by atoms with Crippen molar-refractivity contribution in [3.05, 3.63) is 35.4 Å². The van der Waals surface area contributed by atoms with Crippen LogP contribution in [0.25, 0.3) is 0 Å². The summed E-state index contributed by atoms with van der Waals surface area (Å²) in [5.41, 5.74) is 2.54. The van der Waals surface area contributed by atoms with Gasteiger partial charge in [-0.15, -0.1) is 0 Å². The smallest absolute Gasteiger partial charge is 0.0556 e. The molecule has 1 N–H and O–H groups in total. The molecule has 0 radical (unpaired) electrons. The number of aliphatic hydroxyl groups is 1. The van der Waals surface area contributed by atoms with Crippen molar-refractivity contribution in [2.24, 2.45) is 5.41 Å². The van der Waals surface area contributed by atoms with Crippen molar-refractivity contribution in [2.45, 2.75) is 26.3 Å². The van der Waals surface area contributed by atoms with Crippen LogP contribution in [0.5, 0.6) is 0 Å². The molecule has 1 saturated heterocycles. The van der Waals surface area contributed by atoms with Crippen molar-refractivity contribution in [1.29, 1.82) is 0 Å². The Bertz CT molecular complexity index is 382. The lowest BCUT2D eigenvalue weighted by Crippen LogP contribution is -2.44. The van der Waals surface area contributed by atoms with Crippen molar-refractivity contribution < 1.29 is 9.84 Å². The van der Waals surface area contributed by atoms with Gasteiger partial charge in [-0.3, -0.25) is 0 Å². The zero-order chi connectivity index (χ0) is 13.7. The third-order valence-corrected chi connectivity index (χ3v) is 3.92. The molecule has 1 fully saturated rings. The normalized spacial score (nSPS) is 23.8. The third kappa shape index (κ3) is 4.03. The van der Waals surface area contributed by atoms with Gasteiger partial charge in [0.2, 0.25) is 0 Å². The van der Waals surface area contributed by atoms with Gasteiger partial charge in [-0.05, 0) is 32.4 Å². The molecule has 0 saturated carbocycles. The topological polar surface area (TPSA) is 32.7 Å². The second-order valence-electron chi connectivity index (χ2n) is 5.97. The van der Waals surface area contributed by atoms with Crippen LogP contribution in [0, 0.1) is 12.3 Å². The zero-order valence-corrected chi connectivity index (χ0v) is 12.1. The quantitative estimate of drug-likeness (QED) is 0.884. The molecule has 0 amide bonds. The molecule has 1 unspecified atom stereocenters. The lowest BCUT2D eigenvalue weighted by Gasteiger charge is -2.38. The summed E-state index contributed by atoms with van der Waals surface area (Å²) < 4.78 is 5.56. The molecule has 1 aromatic rings. The summed E-state index contributed by atoms with van der Waals surface area (Å²) in [5.74, 6) is 0. The SMILES string of the molecule is Cc1ccc(CN(C)CC2(CO)CCCOC2)cc1. The number of aryl methyl sites for hydroxylation is 1. The largest absolute Gasteiger partial charge is 0.396 e. The van der Waals surface area contributed by atoms with E-state index in [1.54, 1.807) is 0 Å². The maximum atomic E-state index is 9.69. The standard InChI is InChI=1S/C16H25NO2/c1-14-4-6-15(7-5-14)10-17(2)11-16(12-18)8-3-9-19-13-16/h4-7,18H,3,8-13H2,1-2H3. The Kier molecular flexibility index (Phi) is 4.97. The monoisotopic (exact) mass is 263 g/mol. The van der Waals surface area contributed by atoms with Crippen LogP contribution in [-0.4, -0.2) is 43.4 Å². The molecular formula is C16H25NO2. The third-order valence-electron chi connectivity index (χ3n) is 3.92. The molecule has 19 heavy (non-hydrogen) atoms. The van der Waals surface area contributed by atoms with E-state index >= 15 is 0 Å². The summed E-state index contributed by atoms with van der Waals surface area (Å²) in [4.78, 5) is 2.29. The highest BCUT2D eigenvalue weighted by Crippen LogP contribution is 2.29. The van der Waals surface area contributed by atoms with Gasteiger partial charge in [0.1, 0.15) is 0 Å². The van der Waals surface area contributed by atoms with Crippen molar-refractivity contribution >= 4 is 0 Å². The highest BCUT2D eigenvalue weighted by Gasteiger charge is 2.33. The van der Waals surface area contributed by atoms with Crippen LogP contribution < -0.4 is 0 Å². The first-order valence-electron chi connectivity index (χ1n) is 7.06. The Morgan fingerprint density at radius 3 is 2.63 bits per heavy atom. The zero-order valence-electron chi connectivity index (χ0n) is 12.1. The van der Waals surface area contributed by atoms with Gasteiger partial charge in [-0.25, -0.2) is 0 Å². The number of hydrogen-bond acceptors (Lipinski definition) is 3. The Labute approximate surface area is 116 Å². The van der Waals surface area contributed by atoms with Crippen LogP contribution in [0.15, 0.2) is 24.3 Å². The fraction of sp³-hybridized carbons (Fsp3) is 0.625. The maximum Gasteiger partial charge on any atom is 0.0556 e. The predicted molar refractivity (Wildman–Crippen MR) is 77.1 cm³/mol. The van der Waals surface area contributed by atoms with Crippen molar-refractivity contribution in [3.8, 4) is 0 Å². The van der Waals surface area contributed by atoms with Gasteiger partial charge in [0.25, 0.3) is 0 Å². The number of benzene rings is 1. The van der Waals surface area contributed by atoms with Crippen LogP contribution in [-0.2, 0) is 11.3 Å². The fourth-order valence-electron chi connectivity index (χ4n) is 2.84. The Morgan fingerprint density at radius 2 is 2.05 bits per heavy atom. The predicted octanol–water partition coefficient (Wildman–Crippen LogP) is 2.22. The van der Waals surface area contributed by atoms with Crippen molar-refractivity contribution in [3.63, 3.8) is 0 Å². The average Bonchev–Trinajstić information content (AvgIpc) is 2.42. The number of ether oxygens (including phenoxy) is 1. The molecule has 0 aliphatic carbocycles. The van der Waals surface area contributed by atoms with E-state index in [9.17, 15) is 5.11 Å². The minimum absolute atomic E-state index is 0.0717. The molecule has 1 aliphatic heterocycles. The highest BCUT2D eigenvalue weighted by atomic mass is 16.5. The van der Waals surface area contributed by atoms with Crippen molar-refractivity contribution in [1.82, 2.24) is 4.90 Å². The van der Waals surface area contributed by atoms with Crippen molar-refractivity contribution in [2.75, 3.05) is 33.4 Å². The first kappa shape index (κ1) is 14.5. The number of rotatable bonds is 5. The van der Waals surface area contributed by atoms with Crippen LogP contribution in [0.2, 0.25) is 0 Å². The summed E-state index contributed by atoms with van der Waals surface area (Å²) in [7, 11) is 2.12. The molecule has 1 heterocycles. The molecule has 3 heteroatoms. The summed E-state index contributed by atoms with van der Waals surface area (Å²) in [6.07, 6.45) is 2.11. The molecule has 0 spiro atoms. The minimum atomic E-state index is -0.0717. The van der Waals surface area contributed by atoms with Crippen LogP contribution >= 0.6 is 0 Å². The Balaban J connectivity index is 1.92. The van der Waals surface area contributed by atoms with E-state index < -0.39 is 0 Å². The molecule has 1 atom stereocenters. The number of nitrogens with zero attached hydrogens (tertiary/aromatic N) is 1. The van der Waals surface area contributed by atoms with Crippen LogP contribution in [0.4, 0.5) is 0 Å². The number of hydrogen-bond donors (Lipinski definition) is 1. The summed E-state index contributed by atoms with van der Waals surface area (Å²) >= 11 is 0. The molecular weight excluding hydrogens is 238 g/mol. The second kappa shape index (κ2) is 6.51. The van der Waals surface area contributed by atoms with E-state index in [0.717, 1.165) is 32.5 Å². The first-order chi connectivity index (χ1) is 9.13. The summed E-state index contributed by atoms with van der Waals surface area (Å²) in [6, 6.07) is 8.65. The van der Waals surface area contributed by atoms with Gasteiger partial charge >= 0.3 is 0 Å². The van der Waals surface area contributed by atoms with E-state index in [4.69, 9.17) is 4.74 Å². The molecule has 0 bridgehead atoms. The van der Waals surface area contributed by atoms with Gasteiger partial charge in [0.15, 0.2) is 0 Å². The summed E-state index contributed by atoms with van der Waals surface area (Å²) in [5, 5.41) is 9.69. The molecule has 2 rings (SSSR count). The lowest BCUT2D eigenvalue weighted by molar-refractivity contribution is -0.0531. The molecule has 3 nitrogen and oxygen atoms in total. The second-order valence-corrected chi connectivity index (χ2v) is 5.97. The van der Waals surface area contributed by atoms with Crippen LogP contribution in [0.3, 0.4) is 0 Å². The number of aliphatic hydroxyl groups excluding tert-OH is 1. The molecule has 0 aromatic heterocycles. The molecule has 1 aromatic carbocycles. The maximum absolute atomic E-state index is 9.69. The highest BCUT2D eigenvalue weighted by molar-refractivity contribution is 5.21. The molecule has 1 aliphatic rings. The van der Waals surface area contributed by atoms with E-state index in [0.29, 0.717) is 6.61 Å². The van der Waals surface area contributed by atoms with Gasteiger partial charge < -0.3 is 14.7 Å². The van der Waals surface area contributed by atoms with Gasteiger partial charge in [-0.1, -0.05) is 29.8 Å². The molecule has 106 valence electrons. The average molecular weight is 263 g/mol. The van der Waals surface area contributed by atoms with E-state index in [2.05, 4.69) is 43.1 Å². The van der Waals surface area contributed by atoms with E-state index in [1.807, 2.05) is 0 Å².